The summed E-state index contributed by atoms with van der Waals surface area (Å²) in [5.74, 6) is -0.0162. The summed E-state index contributed by atoms with van der Waals surface area (Å²) in [5, 5.41) is 0. The molecule has 1 aliphatic heterocycles. The SMILES string of the molecule is O=C(c1cnccn1)N1CCN(CCOC2CCCCCC2)CC1. The van der Waals surface area contributed by atoms with Gasteiger partial charge in [0.2, 0.25) is 0 Å². The summed E-state index contributed by atoms with van der Waals surface area (Å²) in [4.78, 5) is 24.7. The quantitative estimate of drug-likeness (QED) is 0.772. The summed E-state index contributed by atoms with van der Waals surface area (Å²) >= 11 is 0. The van der Waals surface area contributed by atoms with E-state index in [4.69, 9.17) is 4.74 Å². The summed E-state index contributed by atoms with van der Waals surface area (Å²) in [6.45, 7) is 5.07. The molecule has 24 heavy (non-hydrogen) atoms. The van der Waals surface area contributed by atoms with E-state index in [1.54, 1.807) is 12.4 Å². The first-order valence-corrected chi connectivity index (χ1v) is 9.22. The van der Waals surface area contributed by atoms with Gasteiger partial charge in [-0.3, -0.25) is 14.7 Å². The predicted molar refractivity (Wildman–Crippen MR) is 91.8 cm³/mol. The van der Waals surface area contributed by atoms with Crippen LogP contribution < -0.4 is 0 Å². The molecule has 0 aromatic carbocycles. The van der Waals surface area contributed by atoms with E-state index < -0.39 is 0 Å². The molecule has 1 amide bonds. The number of carbonyl (C=O) groups excluding carboxylic acids is 1. The molecule has 1 saturated heterocycles. The van der Waals surface area contributed by atoms with Gasteiger partial charge < -0.3 is 9.64 Å². The van der Waals surface area contributed by atoms with Crippen LogP contribution in [0.3, 0.4) is 0 Å². The van der Waals surface area contributed by atoms with Gasteiger partial charge in [-0.15, -0.1) is 0 Å². The molecule has 2 fully saturated rings. The van der Waals surface area contributed by atoms with E-state index in [2.05, 4.69) is 14.9 Å². The molecular formula is C18H28N4O2. The Balaban J connectivity index is 1.35. The minimum atomic E-state index is -0.0162. The van der Waals surface area contributed by atoms with Gasteiger partial charge in [0.05, 0.1) is 18.9 Å². The highest BCUT2D eigenvalue weighted by atomic mass is 16.5. The van der Waals surface area contributed by atoms with Crippen LogP contribution in [0.1, 0.15) is 49.0 Å². The van der Waals surface area contributed by atoms with Crippen molar-refractivity contribution in [2.75, 3.05) is 39.3 Å². The number of amides is 1. The molecule has 2 heterocycles. The van der Waals surface area contributed by atoms with Crippen LogP contribution in [0.5, 0.6) is 0 Å². The van der Waals surface area contributed by atoms with Gasteiger partial charge in [-0.25, -0.2) is 4.98 Å². The van der Waals surface area contributed by atoms with Crippen LogP contribution >= 0.6 is 0 Å². The topological polar surface area (TPSA) is 58.6 Å². The van der Waals surface area contributed by atoms with Crippen LogP contribution in [0.25, 0.3) is 0 Å². The third-order valence-electron chi connectivity index (χ3n) is 5.01. The molecule has 1 saturated carbocycles. The summed E-state index contributed by atoms with van der Waals surface area (Å²) in [7, 11) is 0. The van der Waals surface area contributed by atoms with Gasteiger partial charge in [0.15, 0.2) is 0 Å². The summed E-state index contributed by atoms with van der Waals surface area (Å²) < 4.78 is 6.07. The molecule has 0 radical (unpaired) electrons. The molecule has 132 valence electrons. The molecule has 6 heteroatoms. The van der Waals surface area contributed by atoms with Crippen molar-refractivity contribution in [2.45, 2.75) is 44.6 Å². The van der Waals surface area contributed by atoms with E-state index >= 15 is 0 Å². The third kappa shape index (κ3) is 4.98. The Morgan fingerprint density at radius 3 is 2.50 bits per heavy atom. The Hall–Kier alpha value is -1.53. The Kier molecular flexibility index (Phi) is 6.55. The van der Waals surface area contributed by atoms with Crippen LogP contribution in [0, 0.1) is 0 Å². The third-order valence-corrected chi connectivity index (χ3v) is 5.01. The van der Waals surface area contributed by atoms with E-state index in [-0.39, 0.29) is 5.91 Å². The zero-order valence-corrected chi connectivity index (χ0v) is 14.4. The van der Waals surface area contributed by atoms with E-state index in [1.165, 1.54) is 44.7 Å². The average molecular weight is 332 g/mol. The van der Waals surface area contributed by atoms with Crippen LogP contribution in [0.15, 0.2) is 18.6 Å². The molecule has 0 N–H and O–H groups in total. The van der Waals surface area contributed by atoms with Gasteiger partial charge in [-0.1, -0.05) is 25.7 Å². The lowest BCUT2D eigenvalue weighted by atomic mass is 10.1. The minimum absolute atomic E-state index is 0.0162. The van der Waals surface area contributed by atoms with Crippen molar-refractivity contribution in [1.82, 2.24) is 19.8 Å². The molecule has 1 aliphatic carbocycles. The molecule has 2 aliphatic rings. The number of piperazine rings is 1. The second-order valence-electron chi connectivity index (χ2n) is 6.71. The zero-order valence-electron chi connectivity index (χ0n) is 14.4. The largest absolute Gasteiger partial charge is 0.377 e. The van der Waals surface area contributed by atoms with Crippen molar-refractivity contribution in [3.8, 4) is 0 Å². The lowest BCUT2D eigenvalue weighted by Gasteiger charge is -2.34. The van der Waals surface area contributed by atoms with Gasteiger partial charge >= 0.3 is 0 Å². The van der Waals surface area contributed by atoms with E-state index in [0.29, 0.717) is 11.8 Å². The maximum atomic E-state index is 12.3. The van der Waals surface area contributed by atoms with Gasteiger partial charge in [0.1, 0.15) is 5.69 Å². The highest BCUT2D eigenvalue weighted by Crippen LogP contribution is 2.19. The fourth-order valence-electron chi connectivity index (χ4n) is 3.50. The molecule has 0 bridgehead atoms. The van der Waals surface area contributed by atoms with Crippen LogP contribution in [0.4, 0.5) is 0 Å². The number of hydrogen-bond donors (Lipinski definition) is 0. The standard InChI is InChI=1S/C18H28N4O2/c23-18(17-15-19-7-8-20-17)22-11-9-21(10-12-22)13-14-24-16-5-3-1-2-4-6-16/h7-8,15-16H,1-6,9-14H2. The maximum Gasteiger partial charge on any atom is 0.274 e. The number of nitrogens with zero attached hydrogens (tertiary/aromatic N) is 4. The average Bonchev–Trinajstić information content (AvgIpc) is 2.91. The summed E-state index contributed by atoms with van der Waals surface area (Å²) in [6.07, 6.45) is 12.9. The van der Waals surface area contributed by atoms with E-state index in [1.807, 2.05) is 4.90 Å². The van der Waals surface area contributed by atoms with Gasteiger partial charge in [-0.05, 0) is 12.8 Å². The van der Waals surface area contributed by atoms with Crippen molar-refractivity contribution in [3.63, 3.8) is 0 Å². The Morgan fingerprint density at radius 2 is 1.83 bits per heavy atom. The van der Waals surface area contributed by atoms with E-state index in [0.717, 1.165) is 39.3 Å². The van der Waals surface area contributed by atoms with Crippen LogP contribution in [-0.2, 0) is 4.74 Å². The van der Waals surface area contributed by atoms with Crippen molar-refractivity contribution >= 4 is 5.91 Å². The molecular weight excluding hydrogens is 304 g/mol. The van der Waals surface area contributed by atoms with Crippen molar-refractivity contribution < 1.29 is 9.53 Å². The van der Waals surface area contributed by atoms with Crippen molar-refractivity contribution in [2.24, 2.45) is 0 Å². The Bertz CT molecular complexity index is 495. The first-order valence-electron chi connectivity index (χ1n) is 9.22. The second-order valence-corrected chi connectivity index (χ2v) is 6.71. The van der Waals surface area contributed by atoms with Gasteiger partial charge in [0.25, 0.3) is 5.91 Å². The van der Waals surface area contributed by atoms with Crippen LogP contribution in [-0.4, -0.2) is 71.1 Å². The summed E-state index contributed by atoms with van der Waals surface area (Å²) in [5.41, 5.74) is 0.433. The zero-order chi connectivity index (χ0) is 16.6. The number of aromatic nitrogens is 2. The molecule has 1 aromatic heterocycles. The van der Waals surface area contributed by atoms with Gasteiger partial charge in [0, 0.05) is 45.1 Å². The minimum Gasteiger partial charge on any atom is -0.377 e. The lowest BCUT2D eigenvalue weighted by molar-refractivity contribution is 0.0200. The first kappa shape index (κ1) is 17.3. The van der Waals surface area contributed by atoms with Crippen molar-refractivity contribution in [3.05, 3.63) is 24.3 Å². The molecule has 0 atom stereocenters. The maximum absolute atomic E-state index is 12.3. The summed E-state index contributed by atoms with van der Waals surface area (Å²) in [6, 6.07) is 0. The predicted octanol–water partition coefficient (Wildman–Crippen LogP) is 1.97. The molecule has 1 aromatic rings. The molecule has 3 rings (SSSR count). The molecule has 0 spiro atoms. The highest BCUT2D eigenvalue weighted by Gasteiger charge is 2.23. The fourth-order valence-corrected chi connectivity index (χ4v) is 3.50. The number of rotatable bonds is 5. The fraction of sp³-hybridized carbons (Fsp3) is 0.722. The Morgan fingerprint density at radius 1 is 1.08 bits per heavy atom. The number of carbonyl (C=O) groups is 1. The number of hydrogen-bond acceptors (Lipinski definition) is 5. The lowest BCUT2D eigenvalue weighted by Crippen LogP contribution is -2.49. The smallest absolute Gasteiger partial charge is 0.274 e. The van der Waals surface area contributed by atoms with Gasteiger partial charge in [-0.2, -0.15) is 0 Å². The normalized spacial score (nSPS) is 20.8. The van der Waals surface area contributed by atoms with Crippen LogP contribution in [0.2, 0.25) is 0 Å². The molecule has 6 nitrogen and oxygen atoms in total. The molecule has 0 unspecified atom stereocenters. The second kappa shape index (κ2) is 9.08. The number of ether oxygens (including phenoxy) is 1. The van der Waals surface area contributed by atoms with Crippen molar-refractivity contribution in [1.29, 1.82) is 0 Å². The highest BCUT2D eigenvalue weighted by molar-refractivity contribution is 5.92. The Labute approximate surface area is 144 Å². The monoisotopic (exact) mass is 332 g/mol. The van der Waals surface area contributed by atoms with E-state index in [9.17, 15) is 4.79 Å². The first-order chi connectivity index (χ1) is 11.8.